The number of rotatable bonds is 1. The zero-order chi connectivity index (χ0) is 16.8. The van der Waals surface area contributed by atoms with E-state index < -0.39 is 5.91 Å². The largest absolute Gasteiger partial charge is 0.311 e. The maximum Gasteiger partial charge on any atom is 0.262 e. The number of nitrogens with zero attached hydrogens (tertiary/aromatic N) is 2. The zero-order valence-electron chi connectivity index (χ0n) is 13.0. The number of para-hydroxylation sites is 2. The fourth-order valence-electron chi connectivity index (χ4n) is 3.25. The summed E-state index contributed by atoms with van der Waals surface area (Å²) in [5.74, 6) is -0.976. The molecule has 4 rings (SSSR count). The van der Waals surface area contributed by atoms with Gasteiger partial charge in [0.05, 0.1) is 23.4 Å². The normalized spacial score (nSPS) is 20.1. The van der Waals surface area contributed by atoms with Gasteiger partial charge >= 0.3 is 0 Å². The van der Waals surface area contributed by atoms with Crippen molar-refractivity contribution in [2.45, 2.75) is 6.42 Å². The number of amides is 3. The molecule has 2 heterocycles. The summed E-state index contributed by atoms with van der Waals surface area (Å²) in [6.07, 6.45) is -0.0586. The quantitative estimate of drug-likeness (QED) is 0.599. The van der Waals surface area contributed by atoms with Crippen LogP contribution < -0.4 is 9.80 Å². The van der Waals surface area contributed by atoms with Gasteiger partial charge in [0.1, 0.15) is 0 Å². The first-order chi connectivity index (χ1) is 11.6. The van der Waals surface area contributed by atoms with Gasteiger partial charge in [-0.1, -0.05) is 36.4 Å². The topological polar surface area (TPSA) is 57.7 Å². The van der Waals surface area contributed by atoms with E-state index in [0.717, 1.165) is 10.6 Å². The van der Waals surface area contributed by atoms with Gasteiger partial charge in [0.15, 0.2) is 0 Å². The standard InChI is InChI=1S/C19H14N2O3/c1-20-15-10-6-5-9-13(15)17(19(20)24)14-11-16(22)21(18(14)23)12-7-3-2-4-8-12/h2-10H,11H2,1H3. The highest BCUT2D eigenvalue weighted by Gasteiger charge is 2.42. The number of hydrogen-bond acceptors (Lipinski definition) is 3. The van der Waals surface area contributed by atoms with Crippen LogP contribution in [0, 0.1) is 0 Å². The lowest BCUT2D eigenvalue weighted by Gasteiger charge is -2.13. The molecule has 0 aliphatic carbocycles. The average Bonchev–Trinajstić information content (AvgIpc) is 3.03. The second-order valence-electron chi connectivity index (χ2n) is 5.78. The van der Waals surface area contributed by atoms with Gasteiger partial charge in [0, 0.05) is 18.2 Å². The Morgan fingerprint density at radius 2 is 1.50 bits per heavy atom. The van der Waals surface area contributed by atoms with Crippen LogP contribution in [-0.4, -0.2) is 24.8 Å². The molecule has 0 unspecified atom stereocenters. The summed E-state index contributed by atoms with van der Waals surface area (Å²) < 4.78 is 0. The third-order valence-corrected chi connectivity index (χ3v) is 4.41. The highest BCUT2D eigenvalue weighted by molar-refractivity contribution is 6.41. The molecule has 1 fully saturated rings. The van der Waals surface area contributed by atoms with Crippen LogP contribution in [0.1, 0.15) is 12.0 Å². The Hall–Kier alpha value is -3.21. The molecule has 0 N–H and O–H groups in total. The number of imide groups is 1. The van der Waals surface area contributed by atoms with E-state index in [1.807, 2.05) is 30.3 Å². The molecule has 3 amide bonds. The number of hydrogen-bond donors (Lipinski definition) is 0. The molecule has 1 saturated heterocycles. The molecule has 0 spiro atoms. The minimum Gasteiger partial charge on any atom is -0.311 e. The maximum atomic E-state index is 12.8. The number of carbonyl (C=O) groups is 3. The molecular formula is C19H14N2O3. The van der Waals surface area contributed by atoms with Crippen LogP contribution in [0.2, 0.25) is 0 Å². The van der Waals surface area contributed by atoms with Crippen molar-refractivity contribution in [2.24, 2.45) is 0 Å². The van der Waals surface area contributed by atoms with E-state index in [0.29, 0.717) is 16.8 Å². The van der Waals surface area contributed by atoms with E-state index in [1.165, 1.54) is 4.90 Å². The second-order valence-corrected chi connectivity index (χ2v) is 5.78. The predicted octanol–water partition coefficient (Wildman–Crippen LogP) is 2.38. The van der Waals surface area contributed by atoms with Gasteiger partial charge in [0.2, 0.25) is 5.91 Å². The van der Waals surface area contributed by atoms with Crippen LogP contribution in [-0.2, 0) is 14.4 Å². The van der Waals surface area contributed by atoms with Crippen LogP contribution in [0.25, 0.3) is 5.57 Å². The van der Waals surface area contributed by atoms with Gasteiger partial charge in [-0.3, -0.25) is 14.4 Å². The van der Waals surface area contributed by atoms with E-state index in [4.69, 9.17) is 0 Å². The fraction of sp³-hybridized carbons (Fsp3) is 0.105. The number of anilines is 2. The van der Waals surface area contributed by atoms with Crippen molar-refractivity contribution in [3.8, 4) is 0 Å². The molecule has 0 aromatic heterocycles. The molecule has 2 aromatic carbocycles. The molecule has 5 nitrogen and oxygen atoms in total. The van der Waals surface area contributed by atoms with Gasteiger partial charge in [-0.2, -0.15) is 0 Å². The summed E-state index contributed by atoms with van der Waals surface area (Å²) >= 11 is 0. The van der Waals surface area contributed by atoms with Gasteiger partial charge in [0.25, 0.3) is 11.8 Å². The summed E-state index contributed by atoms with van der Waals surface area (Å²) in [6.45, 7) is 0. The van der Waals surface area contributed by atoms with Crippen LogP contribution in [0.5, 0.6) is 0 Å². The first kappa shape index (κ1) is 14.4. The first-order valence-corrected chi connectivity index (χ1v) is 7.62. The lowest BCUT2D eigenvalue weighted by molar-refractivity contribution is -0.121. The monoisotopic (exact) mass is 318 g/mol. The van der Waals surface area contributed by atoms with Gasteiger partial charge in [-0.05, 0) is 18.2 Å². The molecular weight excluding hydrogens is 304 g/mol. The molecule has 2 aliphatic heterocycles. The Bertz CT molecular complexity index is 915. The van der Waals surface area contributed by atoms with E-state index >= 15 is 0 Å². The zero-order valence-corrected chi connectivity index (χ0v) is 13.0. The molecule has 0 saturated carbocycles. The van der Waals surface area contributed by atoms with Crippen molar-refractivity contribution >= 4 is 34.7 Å². The van der Waals surface area contributed by atoms with E-state index in [2.05, 4.69) is 0 Å². The van der Waals surface area contributed by atoms with Crippen molar-refractivity contribution in [1.82, 2.24) is 0 Å². The summed E-state index contributed by atoms with van der Waals surface area (Å²) in [6, 6.07) is 16.1. The average molecular weight is 318 g/mol. The number of carbonyl (C=O) groups excluding carboxylic acids is 3. The summed E-state index contributed by atoms with van der Waals surface area (Å²) in [4.78, 5) is 40.5. The molecule has 5 heteroatoms. The van der Waals surface area contributed by atoms with E-state index in [-0.39, 0.29) is 23.8 Å². The molecule has 0 radical (unpaired) electrons. The Labute approximate surface area is 138 Å². The van der Waals surface area contributed by atoms with Crippen LogP contribution in [0.3, 0.4) is 0 Å². The molecule has 2 aliphatic rings. The third-order valence-electron chi connectivity index (χ3n) is 4.41. The minimum atomic E-state index is -0.417. The maximum absolute atomic E-state index is 12.8. The lowest BCUT2D eigenvalue weighted by Crippen LogP contribution is -2.29. The smallest absolute Gasteiger partial charge is 0.262 e. The Kier molecular flexibility index (Phi) is 3.09. The van der Waals surface area contributed by atoms with Gasteiger partial charge < -0.3 is 4.90 Å². The molecule has 0 bridgehead atoms. The fourth-order valence-corrected chi connectivity index (χ4v) is 3.25. The van der Waals surface area contributed by atoms with Crippen LogP contribution >= 0.6 is 0 Å². The second kappa shape index (κ2) is 5.16. The predicted molar refractivity (Wildman–Crippen MR) is 90.3 cm³/mol. The number of fused-ring (bicyclic) bond motifs is 1. The molecule has 2 aromatic rings. The first-order valence-electron chi connectivity index (χ1n) is 7.62. The number of benzene rings is 2. The summed E-state index contributed by atoms with van der Waals surface area (Å²) in [7, 11) is 1.67. The van der Waals surface area contributed by atoms with Gasteiger partial charge in [-0.15, -0.1) is 0 Å². The third kappa shape index (κ3) is 1.91. The molecule has 0 atom stereocenters. The Morgan fingerprint density at radius 3 is 2.25 bits per heavy atom. The molecule has 118 valence electrons. The Balaban J connectivity index is 1.86. The number of likely N-dealkylation sites (N-methyl/N-ethyl adjacent to an activating group) is 1. The van der Waals surface area contributed by atoms with Crippen LogP contribution in [0.15, 0.2) is 60.2 Å². The van der Waals surface area contributed by atoms with E-state index in [9.17, 15) is 14.4 Å². The van der Waals surface area contributed by atoms with Crippen molar-refractivity contribution in [2.75, 3.05) is 16.8 Å². The minimum absolute atomic E-state index is 0.0586. The lowest BCUT2D eigenvalue weighted by atomic mass is 10.00. The van der Waals surface area contributed by atoms with Crippen LogP contribution in [0.4, 0.5) is 11.4 Å². The highest BCUT2D eigenvalue weighted by atomic mass is 16.2. The molecule has 24 heavy (non-hydrogen) atoms. The highest BCUT2D eigenvalue weighted by Crippen LogP contribution is 2.40. The van der Waals surface area contributed by atoms with Crippen molar-refractivity contribution in [3.63, 3.8) is 0 Å². The van der Waals surface area contributed by atoms with Gasteiger partial charge in [-0.25, -0.2) is 4.90 Å². The van der Waals surface area contributed by atoms with Crippen molar-refractivity contribution < 1.29 is 14.4 Å². The SMILES string of the molecule is CN1C(=O)C(=C2CC(=O)N(c3ccccc3)C2=O)c2ccccc21. The Morgan fingerprint density at radius 1 is 0.833 bits per heavy atom. The van der Waals surface area contributed by atoms with E-state index in [1.54, 1.807) is 31.3 Å². The summed E-state index contributed by atoms with van der Waals surface area (Å²) in [5, 5.41) is 0. The van der Waals surface area contributed by atoms with Crippen molar-refractivity contribution in [1.29, 1.82) is 0 Å². The summed E-state index contributed by atoms with van der Waals surface area (Å²) in [5.41, 5.74) is 2.59. The van der Waals surface area contributed by atoms with Crippen molar-refractivity contribution in [3.05, 3.63) is 65.7 Å².